The van der Waals surface area contributed by atoms with Crippen molar-refractivity contribution in [2.75, 3.05) is 6.54 Å². The zero-order chi connectivity index (χ0) is 18.3. The van der Waals surface area contributed by atoms with E-state index in [0.29, 0.717) is 0 Å². The molecule has 2 rings (SSSR count). The lowest BCUT2D eigenvalue weighted by Gasteiger charge is -2.21. The summed E-state index contributed by atoms with van der Waals surface area (Å²) in [5, 5.41) is 0. The van der Waals surface area contributed by atoms with E-state index in [1.54, 1.807) is 0 Å². The van der Waals surface area contributed by atoms with Gasteiger partial charge in [-0.25, -0.2) is 0 Å². The molecule has 1 nitrogen and oxygen atoms in total. The Morgan fingerprint density at radius 1 is 0.654 bits per heavy atom. The Bertz CT molecular complexity index is 547. The first-order chi connectivity index (χ1) is 12.9. The number of unbranched alkanes of at least 4 members (excludes halogenated alkanes) is 6. The number of rotatable bonds is 13. The lowest BCUT2D eigenvalue weighted by molar-refractivity contribution is 0.285. The summed E-state index contributed by atoms with van der Waals surface area (Å²) in [7, 11) is 0. The molecule has 0 saturated heterocycles. The SMILES string of the molecule is CCCCCCCC/C=C\CN(Cc1ccccc1)Cc1ccccc1. The van der Waals surface area contributed by atoms with E-state index in [0.717, 1.165) is 19.6 Å². The van der Waals surface area contributed by atoms with Gasteiger partial charge in [-0.2, -0.15) is 0 Å². The van der Waals surface area contributed by atoms with Crippen molar-refractivity contribution < 1.29 is 0 Å². The van der Waals surface area contributed by atoms with Gasteiger partial charge < -0.3 is 0 Å². The summed E-state index contributed by atoms with van der Waals surface area (Å²) in [6.07, 6.45) is 14.2. The second kappa shape index (κ2) is 13.4. The Morgan fingerprint density at radius 3 is 1.77 bits per heavy atom. The molecule has 2 aromatic rings. The topological polar surface area (TPSA) is 3.24 Å². The van der Waals surface area contributed by atoms with Gasteiger partial charge in [0.1, 0.15) is 0 Å². The Morgan fingerprint density at radius 2 is 1.19 bits per heavy atom. The largest absolute Gasteiger partial charge is 0.291 e. The van der Waals surface area contributed by atoms with Gasteiger partial charge in [0, 0.05) is 19.6 Å². The van der Waals surface area contributed by atoms with Crippen molar-refractivity contribution in [3.05, 3.63) is 83.9 Å². The highest BCUT2D eigenvalue weighted by Gasteiger charge is 2.05. The fourth-order valence-electron chi connectivity index (χ4n) is 3.25. The van der Waals surface area contributed by atoms with Crippen molar-refractivity contribution in [3.63, 3.8) is 0 Å². The van der Waals surface area contributed by atoms with Gasteiger partial charge in [0.25, 0.3) is 0 Å². The molecule has 0 aliphatic heterocycles. The highest BCUT2D eigenvalue weighted by Crippen LogP contribution is 2.11. The van der Waals surface area contributed by atoms with Crippen molar-refractivity contribution in [2.45, 2.75) is 65.0 Å². The van der Waals surface area contributed by atoms with Crippen LogP contribution in [-0.2, 0) is 13.1 Å². The van der Waals surface area contributed by atoms with Crippen LogP contribution in [0.1, 0.15) is 63.0 Å². The Kier molecular flexibility index (Phi) is 10.5. The third-order valence-corrected chi connectivity index (χ3v) is 4.75. The monoisotopic (exact) mass is 349 g/mol. The highest BCUT2D eigenvalue weighted by atomic mass is 15.1. The van der Waals surface area contributed by atoms with Crippen LogP contribution in [0.4, 0.5) is 0 Å². The summed E-state index contributed by atoms with van der Waals surface area (Å²) in [5.74, 6) is 0. The van der Waals surface area contributed by atoms with E-state index in [-0.39, 0.29) is 0 Å². The van der Waals surface area contributed by atoms with Crippen LogP contribution in [0.3, 0.4) is 0 Å². The Hall–Kier alpha value is -1.86. The fourth-order valence-corrected chi connectivity index (χ4v) is 3.25. The van der Waals surface area contributed by atoms with Crippen molar-refractivity contribution in [3.8, 4) is 0 Å². The van der Waals surface area contributed by atoms with Crippen LogP contribution in [-0.4, -0.2) is 11.4 Å². The number of nitrogens with zero attached hydrogens (tertiary/aromatic N) is 1. The zero-order valence-corrected chi connectivity index (χ0v) is 16.4. The molecule has 0 spiro atoms. The van der Waals surface area contributed by atoms with Gasteiger partial charge in [-0.1, -0.05) is 112 Å². The van der Waals surface area contributed by atoms with Gasteiger partial charge in [-0.15, -0.1) is 0 Å². The van der Waals surface area contributed by atoms with E-state index >= 15 is 0 Å². The minimum atomic E-state index is 0.997. The van der Waals surface area contributed by atoms with Gasteiger partial charge in [0.05, 0.1) is 0 Å². The Labute approximate surface area is 160 Å². The molecule has 2 aromatic carbocycles. The molecule has 0 N–H and O–H groups in total. The molecular weight excluding hydrogens is 314 g/mol. The number of hydrogen-bond donors (Lipinski definition) is 0. The summed E-state index contributed by atoms with van der Waals surface area (Å²) < 4.78 is 0. The molecule has 0 amide bonds. The quantitative estimate of drug-likeness (QED) is 0.278. The molecule has 0 aliphatic carbocycles. The Balaban J connectivity index is 1.77. The van der Waals surface area contributed by atoms with Crippen LogP contribution < -0.4 is 0 Å². The van der Waals surface area contributed by atoms with Gasteiger partial charge in [-0.05, 0) is 24.0 Å². The first-order valence-corrected chi connectivity index (χ1v) is 10.3. The smallest absolute Gasteiger partial charge is 0.0240 e. The van der Waals surface area contributed by atoms with Crippen LogP contribution in [0, 0.1) is 0 Å². The lowest BCUT2D eigenvalue weighted by atomic mass is 10.1. The normalized spacial score (nSPS) is 11.5. The molecular formula is C25H35N. The maximum Gasteiger partial charge on any atom is 0.0240 e. The standard InChI is InChI=1S/C25H35N/c1-2-3-4-5-6-7-8-9-16-21-26(22-24-17-12-10-13-18-24)23-25-19-14-11-15-20-25/h9-20H,2-8,21-23H2,1H3/b16-9-. The van der Waals surface area contributed by atoms with E-state index in [1.165, 1.54) is 56.1 Å². The van der Waals surface area contributed by atoms with E-state index in [4.69, 9.17) is 0 Å². The molecule has 0 bridgehead atoms. The second-order valence-corrected chi connectivity index (χ2v) is 7.17. The van der Waals surface area contributed by atoms with Crippen molar-refractivity contribution >= 4 is 0 Å². The maximum atomic E-state index is 2.52. The third-order valence-electron chi connectivity index (χ3n) is 4.75. The number of benzene rings is 2. The van der Waals surface area contributed by atoms with Gasteiger partial charge in [-0.3, -0.25) is 4.90 Å². The fraction of sp³-hybridized carbons (Fsp3) is 0.440. The third kappa shape index (κ3) is 9.01. The van der Waals surface area contributed by atoms with Crippen LogP contribution >= 0.6 is 0 Å². The van der Waals surface area contributed by atoms with Crippen LogP contribution in [0.5, 0.6) is 0 Å². The molecule has 0 saturated carbocycles. The first kappa shape index (κ1) is 20.5. The number of allylic oxidation sites excluding steroid dienone is 1. The van der Waals surface area contributed by atoms with Gasteiger partial charge in [0.2, 0.25) is 0 Å². The molecule has 1 heteroatoms. The van der Waals surface area contributed by atoms with Crippen LogP contribution in [0.2, 0.25) is 0 Å². The lowest BCUT2D eigenvalue weighted by Crippen LogP contribution is -2.22. The van der Waals surface area contributed by atoms with E-state index in [9.17, 15) is 0 Å². The molecule has 0 atom stereocenters. The molecule has 0 radical (unpaired) electrons. The molecule has 0 aromatic heterocycles. The molecule has 26 heavy (non-hydrogen) atoms. The minimum Gasteiger partial charge on any atom is -0.291 e. The van der Waals surface area contributed by atoms with E-state index < -0.39 is 0 Å². The van der Waals surface area contributed by atoms with Crippen molar-refractivity contribution in [2.24, 2.45) is 0 Å². The molecule has 0 heterocycles. The summed E-state index contributed by atoms with van der Waals surface area (Å²) in [5.41, 5.74) is 2.76. The molecule has 0 unspecified atom stereocenters. The summed E-state index contributed by atoms with van der Waals surface area (Å²) in [4.78, 5) is 2.52. The average molecular weight is 350 g/mol. The summed E-state index contributed by atoms with van der Waals surface area (Å²) in [6.45, 7) is 5.28. The van der Waals surface area contributed by atoms with Crippen LogP contribution in [0.25, 0.3) is 0 Å². The maximum absolute atomic E-state index is 2.52. The molecule has 140 valence electrons. The minimum absolute atomic E-state index is 0.997. The van der Waals surface area contributed by atoms with Crippen molar-refractivity contribution in [1.82, 2.24) is 4.90 Å². The predicted molar refractivity (Wildman–Crippen MR) is 114 cm³/mol. The zero-order valence-electron chi connectivity index (χ0n) is 16.4. The first-order valence-electron chi connectivity index (χ1n) is 10.3. The van der Waals surface area contributed by atoms with Gasteiger partial charge in [0.15, 0.2) is 0 Å². The second-order valence-electron chi connectivity index (χ2n) is 7.17. The summed E-state index contributed by atoms with van der Waals surface area (Å²) in [6, 6.07) is 21.6. The molecule has 0 fully saturated rings. The van der Waals surface area contributed by atoms with Crippen LogP contribution in [0.15, 0.2) is 72.8 Å². The average Bonchev–Trinajstić information content (AvgIpc) is 2.68. The van der Waals surface area contributed by atoms with E-state index in [1.807, 2.05) is 0 Å². The highest BCUT2D eigenvalue weighted by molar-refractivity contribution is 5.17. The number of hydrogen-bond acceptors (Lipinski definition) is 1. The van der Waals surface area contributed by atoms with Crippen molar-refractivity contribution in [1.29, 1.82) is 0 Å². The molecule has 0 aliphatic rings. The summed E-state index contributed by atoms with van der Waals surface area (Å²) >= 11 is 0. The van der Waals surface area contributed by atoms with Gasteiger partial charge >= 0.3 is 0 Å². The van der Waals surface area contributed by atoms with E-state index in [2.05, 4.69) is 84.6 Å². The predicted octanol–water partition coefficient (Wildman–Crippen LogP) is 7.00.